The number of carbonyl (C=O) groups excluding carboxylic acids is 3. The maximum absolute atomic E-state index is 13.4. The molecule has 0 aliphatic carbocycles. The molecule has 0 heterocycles. The fraction of sp³-hybridized carbons (Fsp3) is 0.308. The van der Waals surface area contributed by atoms with E-state index in [9.17, 15) is 23.2 Å². The Kier molecular flexibility index (Phi) is 5.34. The fourth-order valence-electron chi connectivity index (χ4n) is 1.55. The zero-order chi connectivity index (χ0) is 16.2. The Morgan fingerprint density at radius 3 is 2.14 bits per heavy atom. The molecule has 8 heteroatoms. The van der Waals surface area contributed by atoms with Crippen LogP contribution in [0.15, 0.2) is 18.2 Å². The van der Waals surface area contributed by atoms with E-state index in [-0.39, 0.29) is 0 Å². The molecule has 1 aromatic rings. The van der Waals surface area contributed by atoms with Gasteiger partial charge in [0.1, 0.15) is 17.2 Å². The van der Waals surface area contributed by atoms with E-state index in [0.717, 1.165) is 18.2 Å². The Balaban J connectivity index is 2.97. The first-order valence-electron chi connectivity index (χ1n) is 5.99. The molecule has 0 spiro atoms. The molecule has 0 aromatic heterocycles. The molecule has 114 valence electrons. The molecule has 1 aromatic carbocycles. The highest BCUT2D eigenvalue weighted by atomic mass is 19.1. The zero-order valence-corrected chi connectivity index (χ0v) is 11.4. The molecule has 1 atom stereocenters. The second-order valence-electron chi connectivity index (χ2n) is 4.52. The van der Waals surface area contributed by atoms with Crippen molar-refractivity contribution in [2.75, 3.05) is 0 Å². The van der Waals surface area contributed by atoms with E-state index < -0.39 is 47.1 Å². The minimum atomic E-state index is -1.41. The van der Waals surface area contributed by atoms with Crippen molar-refractivity contribution in [3.63, 3.8) is 0 Å². The Labute approximate surface area is 119 Å². The number of hydrogen-bond donors (Lipinski definition) is 2. The summed E-state index contributed by atoms with van der Waals surface area (Å²) in [6.07, 6.45) is -1.41. The van der Waals surface area contributed by atoms with Gasteiger partial charge < -0.3 is 10.5 Å². The Morgan fingerprint density at radius 2 is 1.71 bits per heavy atom. The number of esters is 1. The van der Waals surface area contributed by atoms with Crippen LogP contribution in [0.2, 0.25) is 0 Å². The highest BCUT2D eigenvalue weighted by molar-refractivity contribution is 5.98. The minimum Gasteiger partial charge on any atom is -0.448 e. The number of halogens is 2. The standard InChI is InChI=1S/C13H14F2N2O4/c1-6(2)10(11(18)17-13(16)20)21-12(19)9-7(14)4-3-5-8(9)15/h3-6,10H,1-2H3,(H3,16,17,18,20)/t10-/m1/s1. The molecular weight excluding hydrogens is 286 g/mol. The van der Waals surface area contributed by atoms with Crippen LogP contribution in [0, 0.1) is 17.6 Å². The molecule has 1 rings (SSSR count). The summed E-state index contributed by atoms with van der Waals surface area (Å²) in [5.74, 6) is -5.08. The van der Waals surface area contributed by atoms with Gasteiger partial charge in [-0.25, -0.2) is 18.4 Å². The van der Waals surface area contributed by atoms with Crippen molar-refractivity contribution in [2.45, 2.75) is 20.0 Å². The van der Waals surface area contributed by atoms with Crippen LogP contribution in [0.5, 0.6) is 0 Å². The van der Waals surface area contributed by atoms with E-state index in [0.29, 0.717) is 0 Å². The number of amides is 3. The summed E-state index contributed by atoms with van der Waals surface area (Å²) in [5.41, 5.74) is 3.88. The average Bonchev–Trinajstić information content (AvgIpc) is 2.34. The number of urea groups is 1. The van der Waals surface area contributed by atoms with Gasteiger partial charge in [0, 0.05) is 0 Å². The summed E-state index contributed by atoms with van der Waals surface area (Å²) in [7, 11) is 0. The van der Waals surface area contributed by atoms with Crippen molar-refractivity contribution in [3.05, 3.63) is 35.4 Å². The van der Waals surface area contributed by atoms with E-state index in [2.05, 4.69) is 0 Å². The van der Waals surface area contributed by atoms with Crippen molar-refractivity contribution in [3.8, 4) is 0 Å². The van der Waals surface area contributed by atoms with Gasteiger partial charge >= 0.3 is 12.0 Å². The van der Waals surface area contributed by atoms with E-state index >= 15 is 0 Å². The van der Waals surface area contributed by atoms with Crippen molar-refractivity contribution < 1.29 is 27.9 Å². The van der Waals surface area contributed by atoms with E-state index in [1.165, 1.54) is 13.8 Å². The molecule has 0 fully saturated rings. The lowest BCUT2D eigenvalue weighted by Crippen LogP contribution is -2.45. The lowest BCUT2D eigenvalue weighted by molar-refractivity contribution is -0.130. The average molecular weight is 300 g/mol. The number of imide groups is 1. The molecule has 3 amide bonds. The molecule has 0 radical (unpaired) electrons. The van der Waals surface area contributed by atoms with Crippen molar-refractivity contribution in [2.24, 2.45) is 11.7 Å². The van der Waals surface area contributed by atoms with Gasteiger partial charge in [-0.05, 0) is 18.1 Å². The first kappa shape index (κ1) is 16.5. The lowest BCUT2D eigenvalue weighted by atomic mass is 10.1. The Bertz CT molecular complexity index is 555. The number of carbonyl (C=O) groups is 3. The van der Waals surface area contributed by atoms with Crippen molar-refractivity contribution in [1.82, 2.24) is 5.32 Å². The van der Waals surface area contributed by atoms with Crippen molar-refractivity contribution >= 4 is 17.9 Å². The molecule has 0 aliphatic rings. The van der Waals surface area contributed by atoms with E-state index in [4.69, 9.17) is 10.5 Å². The Morgan fingerprint density at radius 1 is 1.19 bits per heavy atom. The Hall–Kier alpha value is -2.51. The number of nitrogens with one attached hydrogen (secondary N) is 1. The topological polar surface area (TPSA) is 98.5 Å². The van der Waals surface area contributed by atoms with Gasteiger partial charge in [-0.3, -0.25) is 10.1 Å². The highest BCUT2D eigenvalue weighted by Crippen LogP contribution is 2.16. The van der Waals surface area contributed by atoms with E-state index in [1.54, 1.807) is 5.32 Å². The lowest BCUT2D eigenvalue weighted by Gasteiger charge is -2.20. The summed E-state index contributed by atoms with van der Waals surface area (Å²) >= 11 is 0. The number of rotatable bonds is 4. The van der Waals surface area contributed by atoms with Gasteiger partial charge in [0.2, 0.25) is 0 Å². The summed E-state index contributed by atoms with van der Waals surface area (Å²) in [4.78, 5) is 34.1. The molecular formula is C13H14F2N2O4. The predicted molar refractivity (Wildman–Crippen MR) is 68.1 cm³/mol. The van der Waals surface area contributed by atoms with Crippen LogP contribution in [0.25, 0.3) is 0 Å². The molecule has 0 saturated heterocycles. The number of nitrogens with two attached hydrogens (primary N) is 1. The van der Waals surface area contributed by atoms with E-state index in [1.807, 2.05) is 0 Å². The van der Waals surface area contributed by atoms with Crippen LogP contribution in [0.3, 0.4) is 0 Å². The first-order valence-corrected chi connectivity index (χ1v) is 5.99. The maximum atomic E-state index is 13.4. The third-order valence-corrected chi connectivity index (χ3v) is 2.51. The monoisotopic (exact) mass is 300 g/mol. The molecule has 21 heavy (non-hydrogen) atoms. The molecule has 0 saturated carbocycles. The van der Waals surface area contributed by atoms with Crippen LogP contribution >= 0.6 is 0 Å². The SMILES string of the molecule is CC(C)[C@@H](OC(=O)c1c(F)cccc1F)C(=O)NC(N)=O. The summed E-state index contributed by atoms with van der Waals surface area (Å²) in [6, 6.07) is 1.72. The van der Waals surface area contributed by atoms with Gasteiger partial charge in [0.15, 0.2) is 6.10 Å². The number of hydrogen-bond acceptors (Lipinski definition) is 4. The smallest absolute Gasteiger partial charge is 0.344 e. The molecule has 0 aliphatic heterocycles. The number of ether oxygens (including phenoxy) is 1. The zero-order valence-electron chi connectivity index (χ0n) is 11.4. The van der Waals surface area contributed by atoms with Crippen molar-refractivity contribution in [1.29, 1.82) is 0 Å². The van der Waals surface area contributed by atoms with Crippen LogP contribution in [0.4, 0.5) is 13.6 Å². The molecule has 3 N–H and O–H groups in total. The predicted octanol–water partition coefficient (Wildman–Crippen LogP) is 1.34. The number of benzene rings is 1. The van der Waals surface area contributed by atoms with Gasteiger partial charge in [-0.15, -0.1) is 0 Å². The normalized spacial score (nSPS) is 11.9. The summed E-state index contributed by atoms with van der Waals surface area (Å²) in [5, 5.41) is 1.75. The first-order chi connectivity index (χ1) is 9.73. The van der Waals surface area contributed by atoms with Gasteiger partial charge in [-0.2, -0.15) is 0 Å². The fourth-order valence-corrected chi connectivity index (χ4v) is 1.55. The largest absolute Gasteiger partial charge is 0.448 e. The van der Waals surface area contributed by atoms with Crippen LogP contribution < -0.4 is 11.1 Å². The van der Waals surface area contributed by atoms with Gasteiger partial charge in [0.25, 0.3) is 5.91 Å². The second-order valence-corrected chi connectivity index (χ2v) is 4.52. The second kappa shape index (κ2) is 6.78. The quantitative estimate of drug-likeness (QED) is 0.820. The van der Waals surface area contributed by atoms with Gasteiger partial charge in [-0.1, -0.05) is 19.9 Å². The minimum absolute atomic E-state index is 0.539. The third kappa shape index (κ3) is 4.23. The maximum Gasteiger partial charge on any atom is 0.344 e. The molecule has 0 unspecified atom stereocenters. The van der Waals surface area contributed by atoms with Crippen LogP contribution in [-0.2, 0) is 9.53 Å². The van der Waals surface area contributed by atoms with Crippen LogP contribution in [0.1, 0.15) is 24.2 Å². The highest BCUT2D eigenvalue weighted by Gasteiger charge is 2.30. The molecule has 0 bridgehead atoms. The third-order valence-electron chi connectivity index (χ3n) is 2.51. The van der Waals surface area contributed by atoms with Crippen LogP contribution in [-0.4, -0.2) is 24.0 Å². The molecule has 6 nitrogen and oxygen atoms in total. The number of primary amides is 1. The van der Waals surface area contributed by atoms with Gasteiger partial charge in [0.05, 0.1) is 0 Å². The summed E-state index contributed by atoms with van der Waals surface area (Å²) in [6.45, 7) is 3.05. The summed E-state index contributed by atoms with van der Waals surface area (Å²) < 4.78 is 31.7.